The predicted octanol–water partition coefficient (Wildman–Crippen LogP) is 3.11. The van der Waals surface area contributed by atoms with Crippen molar-refractivity contribution in [2.75, 3.05) is 23.3 Å². The van der Waals surface area contributed by atoms with E-state index in [2.05, 4.69) is 22.2 Å². The highest BCUT2D eigenvalue weighted by Crippen LogP contribution is 2.30. The van der Waals surface area contributed by atoms with Crippen LogP contribution in [0.15, 0.2) is 79.5 Å². The minimum atomic E-state index is -0.671. The number of para-hydroxylation sites is 1. The molecule has 9 nitrogen and oxygen atoms in total. The average molecular weight is 472 g/mol. The lowest BCUT2D eigenvalue weighted by Gasteiger charge is -2.19. The van der Waals surface area contributed by atoms with Crippen molar-refractivity contribution in [3.8, 4) is 11.5 Å². The Morgan fingerprint density at radius 2 is 1.86 bits per heavy atom. The Bertz CT molecular complexity index is 1240. The highest BCUT2D eigenvalue weighted by Gasteiger charge is 2.25. The molecule has 3 aromatic rings. The van der Waals surface area contributed by atoms with Crippen LogP contribution in [0.5, 0.6) is 11.5 Å². The maximum atomic E-state index is 12.5. The molecule has 4 N–H and O–H groups in total. The molecule has 1 aliphatic rings. The number of nitrogens with two attached hydrogens (primary N) is 1. The first-order valence-corrected chi connectivity index (χ1v) is 11.0. The van der Waals surface area contributed by atoms with Gasteiger partial charge < -0.3 is 26.0 Å². The first-order chi connectivity index (χ1) is 16.9. The molecule has 0 aliphatic carbocycles. The van der Waals surface area contributed by atoms with Gasteiger partial charge in [-0.25, -0.2) is 4.98 Å². The van der Waals surface area contributed by atoms with E-state index >= 15 is 0 Å². The summed E-state index contributed by atoms with van der Waals surface area (Å²) in [5.41, 5.74) is 6.80. The first-order valence-electron chi connectivity index (χ1n) is 11.0. The summed E-state index contributed by atoms with van der Waals surface area (Å²) in [6.07, 6.45) is 3.37. The molecule has 35 heavy (non-hydrogen) atoms. The van der Waals surface area contributed by atoms with Crippen LogP contribution in [0.4, 0.5) is 11.5 Å². The van der Waals surface area contributed by atoms with Crippen LogP contribution >= 0.6 is 0 Å². The van der Waals surface area contributed by atoms with Crippen LogP contribution in [0.25, 0.3) is 0 Å². The second-order valence-electron chi connectivity index (χ2n) is 7.99. The number of hydrogen-bond acceptors (Lipinski definition) is 6. The van der Waals surface area contributed by atoms with Gasteiger partial charge in [-0.05, 0) is 48.9 Å². The summed E-state index contributed by atoms with van der Waals surface area (Å²) in [6.45, 7) is 4.71. The fourth-order valence-corrected chi connectivity index (χ4v) is 3.74. The van der Waals surface area contributed by atoms with Crippen molar-refractivity contribution in [3.05, 3.63) is 90.6 Å². The van der Waals surface area contributed by atoms with Gasteiger partial charge in [0.1, 0.15) is 22.9 Å². The molecule has 0 spiro atoms. The highest BCUT2D eigenvalue weighted by molar-refractivity contribution is 6.04. The molecule has 1 aromatic heterocycles. The number of carbonyl (C=O) groups is 3. The van der Waals surface area contributed by atoms with Crippen molar-refractivity contribution in [3.63, 3.8) is 0 Å². The van der Waals surface area contributed by atoms with Crippen molar-refractivity contribution >= 4 is 29.2 Å². The van der Waals surface area contributed by atoms with Crippen molar-refractivity contribution in [1.29, 1.82) is 0 Å². The molecule has 1 atom stereocenters. The zero-order valence-electron chi connectivity index (χ0n) is 18.9. The van der Waals surface area contributed by atoms with Crippen molar-refractivity contribution < 1.29 is 19.1 Å². The number of amides is 3. The molecule has 0 saturated carbocycles. The lowest BCUT2D eigenvalue weighted by molar-refractivity contribution is -0.117. The maximum Gasteiger partial charge on any atom is 0.255 e. The molecule has 1 aliphatic heterocycles. The molecule has 1 saturated heterocycles. The molecule has 2 aromatic carbocycles. The van der Waals surface area contributed by atoms with Gasteiger partial charge >= 0.3 is 0 Å². The number of aromatic nitrogens is 1. The quantitative estimate of drug-likeness (QED) is 0.433. The van der Waals surface area contributed by atoms with Crippen LogP contribution in [0, 0.1) is 0 Å². The van der Waals surface area contributed by atoms with E-state index in [1.54, 1.807) is 42.5 Å². The van der Waals surface area contributed by atoms with E-state index in [1.165, 1.54) is 12.3 Å². The third-order valence-corrected chi connectivity index (χ3v) is 5.54. The Morgan fingerprint density at radius 1 is 1.11 bits per heavy atom. The summed E-state index contributed by atoms with van der Waals surface area (Å²) < 4.78 is 5.95. The van der Waals surface area contributed by atoms with Crippen molar-refractivity contribution in [2.45, 2.75) is 12.5 Å². The van der Waals surface area contributed by atoms with Gasteiger partial charge in [0.15, 0.2) is 0 Å². The van der Waals surface area contributed by atoms with Gasteiger partial charge in [0.25, 0.3) is 11.8 Å². The standard InChI is InChI=1S/C26H25N5O4/c1-2-24(32)29-19-12-13-31(16-19)23-14-22(21(15-28-23)25(27)33)35-20-10-8-17(9-11-20)26(34)30-18-6-4-3-5-7-18/h2-11,14-15,19H,1,12-13,16H2,(H2,27,33)(H,29,32)(H,30,34). The second kappa shape index (κ2) is 10.5. The third-order valence-electron chi connectivity index (χ3n) is 5.54. The molecule has 0 bridgehead atoms. The predicted molar refractivity (Wildman–Crippen MR) is 133 cm³/mol. The molecule has 9 heteroatoms. The van der Waals surface area contributed by atoms with Gasteiger partial charge in [-0.3, -0.25) is 14.4 Å². The molecule has 3 amide bonds. The number of benzene rings is 2. The normalized spacial score (nSPS) is 14.7. The number of ether oxygens (including phenoxy) is 1. The molecule has 0 radical (unpaired) electrons. The smallest absolute Gasteiger partial charge is 0.255 e. The van der Waals surface area contributed by atoms with Gasteiger partial charge in [-0.15, -0.1) is 0 Å². The number of rotatable bonds is 8. The van der Waals surface area contributed by atoms with Gasteiger partial charge in [0.2, 0.25) is 5.91 Å². The SMILES string of the molecule is C=CC(=O)NC1CCN(c2cc(Oc3ccc(C(=O)Nc4ccccc4)cc3)c(C(N)=O)cn2)C1. The van der Waals surface area contributed by atoms with Gasteiger partial charge in [0.05, 0.1) is 0 Å². The van der Waals surface area contributed by atoms with E-state index in [1.807, 2.05) is 23.1 Å². The zero-order chi connectivity index (χ0) is 24.8. The van der Waals surface area contributed by atoms with E-state index in [4.69, 9.17) is 10.5 Å². The summed E-state index contributed by atoms with van der Waals surface area (Å²) >= 11 is 0. The number of anilines is 2. The molecule has 4 rings (SSSR count). The van der Waals surface area contributed by atoms with Crippen LogP contribution in [0.1, 0.15) is 27.1 Å². The topological polar surface area (TPSA) is 127 Å². The Labute approximate surface area is 202 Å². The minimum absolute atomic E-state index is 0.0305. The number of nitrogens with zero attached hydrogens (tertiary/aromatic N) is 2. The molecular formula is C26H25N5O4. The fraction of sp³-hybridized carbons (Fsp3) is 0.154. The maximum absolute atomic E-state index is 12.5. The van der Waals surface area contributed by atoms with Crippen molar-refractivity contribution in [2.24, 2.45) is 5.73 Å². The first kappa shape index (κ1) is 23.5. The van der Waals surface area contributed by atoms with E-state index in [0.29, 0.717) is 35.9 Å². The van der Waals surface area contributed by atoms with Crippen LogP contribution in [0.2, 0.25) is 0 Å². The summed E-state index contributed by atoms with van der Waals surface area (Å²) in [6, 6.07) is 17.3. The summed E-state index contributed by atoms with van der Waals surface area (Å²) in [5, 5.41) is 5.70. The van der Waals surface area contributed by atoms with Crippen LogP contribution in [0.3, 0.4) is 0 Å². The van der Waals surface area contributed by atoms with Crippen molar-refractivity contribution in [1.82, 2.24) is 10.3 Å². The molecular weight excluding hydrogens is 446 g/mol. The average Bonchev–Trinajstić information content (AvgIpc) is 3.33. The Morgan fingerprint density at radius 3 is 2.54 bits per heavy atom. The number of nitrogens with one attached hydrogen (secondary N) is 2. The molecule has 178 valence electrons. The van der Waals surface area contributed by atoms with E-state index < -0.39 is 5.91 Å². The van der Waals surface area contributed by atoms with Crippen LogP contribution in [-0.4, -0.2) is 41.8 Å². The lowest BCUT2D eigenvalue weighted by atomic mass is 10.2. The van der Waals surface area contributed by atoms with Gasteiger partial charge in [-0.2, -0.15) is 0 Å². The molecule has 1 fully saturated rings. The number of hydrogen-bond donors (Lipinski definition) is 3. The fourth-order valence-electron chi connectivity index (χ4n) is 3.74. The number of pyridine rings is 1. The monoisotopic (exact) mass is 471 g/mol. The molecule has 2 heterocycles. The van der Waals surface area contributed by atoms with E-state index in [0.717, 1.165) is 6.42 Å². The van der Waals surface area contributed by atoms with Gasteiger partial charge in [-0.1, -0.05) is 24.8 Å². The second-order valence-corrected chi connectivity index (χ2v) is 7.99. The number of carbonyl (C=O) groups excluding carboxylic acids is 3. The number of primary amides is 1. The largest absolute Gasteiger partial charge is 0.456 e. The Hall–Kier alpha value is -4.66. The minimum Gasteiger partial charge on any atom is -0.456 e. The zero-order valence-corrected chi connectivity index (χ0v) is 18.9. The summed E-state index contributed by atoms with van der Waals surface area (Å²) in [7, 11) is 0. The summed E-state index contributed by atoms with van der Waals surface area (Å²) in [4.78, 5) is 42.3. The van der Waals surface area contributed by atoms with E-state index in [9.17, 15) is 14.4 Å². The Kier molecular flexibility index (Phi) is 7.06. The molecule has 1 unspecified atom stereocenters. The van der Waals surface area contributed by atoms with Crippen LogP contribution < -0.4 is 26.0 Å². The van der Waals surface area contributed by atoms with Crippen LogP contribution in [-0.2, 0) is 4.79 Å². The highest BCUT2D eigenvalue weighted by atomic mass is 16.5. The van der Waals surface area contributed by atoms with Gasteiger partial charge in [0, 0.05) is 42.6 Å². The third kappa shape index (κ3) is 5.83. The summed E-state index contributed by atoms with van der Waals surface area (Å²) in [5.74, 6) is 0.133. The Balaban J connectivity index is 1.48. The van der Waals surface area contributed by atoms with E-state index in [-0.39, 0.29) is 29.2 Å². The lowest BCUT2D eigenvalue weighted by Crippen LogP contribution is -2.36.